The molecule has 0 saturated carbocycles. The topological polar surface area (TPSA) is 58.5 Å². The fourth-order valence-corrected chi connectivity index (χ4v) is 2.87. The third-order valence-electron chi connectivity index (χ3n) is 3.61. The van der Waals surface area contributed by atoms with Gasteiger partial charge in [0.2, 0.25) is 5.90 Å². The Labute approximate surface area is 113 Å². The van der Waals surface area contributed by atoms with Crippen LogP contribution in [0.4, 0.5) is 0 Å². The molecule has 2 fully saturated rings. The van der Waals surface area contributed by atoms with Crippen molar-refractivity contribution in [3.8, 4) is 0 Å². The molecule has 6 heteroatoms. The molecular formula is C13H21NO5. The van der Waals surface area contributed by atoms with Crippen LogP contribution < -0.4 is 0 Å². The highest BCUT2D eigenvalue weighted by molar-refractivity contribution is 5.84. The van der Waals surface area contributed by atoms with Gasteiger partial charge in [-0.25, -0.2) is 4.99 Å². The van der Waals surface area contributed by atoms with Gasteiger partial charge in [0.05, 0.1) is 13.7 Å². The Balaban J connectivity index is 1.81. The Morgan fingerprint density at radius 2 is 1.84 bits per heavy atom. The summed E-state index contributed by atoms with van der Waals surface area (Å²) < 4.78 is 28.6. The van der Waals surface area contributed by atoms with Crippen LogP contribution in [0.1, 0.15) is 27.7 Å². The zero-order valence-corrected chi connectivity index (χ0v) is 12.0. The summed E-state index contributed by atoms with van der Waals surface area (Å²) in [7, 11) is 1.60. The summed E-state index contributed by atoms with van der Waals surface area (Å²) in [5.74, 6) is -0.614. The lowest BCUT2D eigenvalue weighted by molar-refractivity contribution is -0.159. The first kappa shape index (κ1) is 13.3. The van der Waals surface area contributed by atoms with Crippen molar-refractivity contribution in [1.29, 1.82) is 0 Å². The van der Waals surface area contributed by atoms with E-state index >= 15 is 0 Å². The first-order chi connectivity index (χ1) is 8.81. The van der Waals surface area contributed by atoms with Crippen LogP contribution in [0, 0.1) is 0 Å². The largest absolute Gasteiger partial charge is 0.482 e. The van der Waals surface area contributed by atoms with Crippen LogP contribution in [0.25, 0.3) is 0 Å². The zero-order valence-electron chi connectivity index (χ0n) is 12.0. The average molecular weight is 271 g/mol. The van der Waals surface area contributed by atoms with E-state index in [2.05, 4.69) is 4.99 Å². The van der Waals surface area contributed by atoms with Gasteiger partial charge >= 0.3 is 0 Å². The molecule has 3 aliphatic rings. The second-order valence-electron chi connectivity index (χ2n) is 6.05. The number of nitrogens with zero attached hydrogens (tertiary/aromatic N) is 1. The fourth-order valence-electron chi connectivity index (χ4n) is 2.87. The smallest absolute Gasteiger partial charge is 0.216 e. The lowest BCUT2D eigenvalue weighted by atomic mass is 10.0. The van der Waals surface area contributed by atoms with E-state index in [0.717, 1.165) is 0 Å². The highest BCUT2D eigenvalue weighted by Crippen LogP contribution is 2.39. The van der Waals surface area contributed by atoms with Crippen LogP contribution in [0.15, 0.2) is 4.99 Å². The minimum atomic E-state index is -0.623. The van der Waals surface area contributed by atoms with Gasteiger partial charge in [-0.05, 0) is 27.7 Å². The summed E-state index contributed by atoms with van der Waals surface area (Å²) in [6.07, 6.45) is -0.558. The number of methoxy groups -OCH3 is 1. The molecule has 0 bridgehead atoms. The van der Waals surface area contributed by atoms with Gasteiger partial charge in [-0.3, -0.25) is 0 Å². The van der Waals surface area contributed by atoms with Crippen molar-refractivity contribution >= 4 is 5.90 Å². The number of hydrogen-bond acceptors (Lipinski definition) is 6. The third kappa shape index (κ3) is 2.27. The Morgan fingerprint density at radius 1 is 1.11 bits per heavy atom. The summed E-state index contributed by atoms with van der Waals surface area (Å²) >= 11 is 0. The van der Waals surface area contributed by atoms with Gasteiger partial charge in [0.15, 0.2) is 17.7 Å². The highest BCUT2D eigenvalue weighted by Gasteiger charge is 2.56. The summed E-state index contributed by atoms with van der Waals surface area (Å²) in [6, 6.07) is -0.150. The lowest BCUT2D eigenvalue weighted by Crippen LogP contribution is -2.40. The van der Waals surface area contributed by atoms with Crippen molar-refractivity contribution in [1.82, 2.24) is 0 Å². The standard InChI is InChI=1S/C13H21NO5/c1-12(2)16-6-7(17-12)8-9-10(11(14-8)15-5)19-13(3,4)18-9/h7-10H,6H2,1-5H3/t7-,8+,9+,10+/m1/s1. The molecular weight excluding hydrogens is 250 g/mol. The zero-order chi connectivity index (χ0) is 13.8. The van der Waals surface area contributed by atoms with E-state index < -0.39 is 11.6 Å². The van der Waals surface area contributed by atoms with Gasteiger partial charge in [0, 0.05) is 0 Å². The van der Waals surface area contributed by atoms with Gasteiger partial charge in [-0.15, -0.1) is 0 Å². The first-order valence-electron chi connectivity index (χ1n) is 6.60. The maximum absolute atomic E-state index is 5.95. The predicted octanol–water partition coefficient (Wildman–Crippen LogP) is 1.09. The molecule has 0 aromatic carbocycles. The third-order valence-corrected chi connectivity index (χ3v) is 3.61. The van der Waals surface area contributed by atoms with E-state index in [1.807, 2.05) is 27.7 Å². The predicted molar refractivity (Wildman–Crippen MR) is 67.0 cm³/mol. The molecule has 0 aliphatic carbocycles. The van der Waals surface area contributed by atoms with Gasteiger partial charge in [0.1, 0.15) is 18.2 Å². The summed E-state index contributed by atoms with van der Waals surface area (Å²) in [6.45, 7) is 8.09. The molecule has 0 spiro atoms. The van der Waals surface area contributed by atoms with Gasteiger partial charge in [-0.2, -0.15) is 0 Å². The fraction of sp³-hybridized carbons (Fsp3) is 0.923. The first-order valence-corrected chi connectivity index (χ1v) is 6.60. The van der Waals surface area contributed by atoms with E-state index in [1.54, 1.807) is 7.11 Å². The van der Waals surface area contributed by atoms with Crippen LogP contribution in [-0.2, 0) is 23.7 Å². The molecule has 0 aromatic heterocycles. The highest BCUT2D eigenvalue weighted by atomic mass is 16.8. The maximum atomic E-state index is 5.95. The van der Waals surface area contributed by atoms with E-state index in [4.69, 9.17) is 23.7 Å². The number of rotatable bonds is 1. The SMILES string of the molecule is COC1=N[C@@H]([C@H]2COC(C)(C)O2)[C@@H]2OC(C)(C)O[C@H]12. The molecule has 4 atom stereocenters. The lowest BCUT2D eigenvalue weighted by Gasteiger charge is -2.24. The monoisotopic (exact) mass is 271 g/mol. The maximum Gasteiger partial charge on any atom is 0.216 e. The Kier molecular flexibility index (Phi) is 2.91. The Hall–Kier alpha value is -0.690. The minimum absolute atomic E-state index is 0.132. The second kappa shape index (κ2) is 4.15. The van der Waals surface area contributed by atoms with E-state index in [0.29, 0.717) is 12.5 Å². The van der Waals surface area contributed by atoms with Gasteiger partial charge in [0.25, 0.3) is 0 Å². The van der Waals surface area contributed by atoms with Crippen molar-refractivity contribution in [2.45, 2.75) is 63.6 Å². The average Bonchev–Trinajstić information content (AvgIpc) is 2.89. The van der Waals surface area contributed by atoms with E-state index in [9.17, 15) is 0 Å². The van der Waals surface area contributed by atoms with Crippen molar-refractivity contribution in [3.05, 3.63) is 0 Å². The quantitative estimate of drug-likeness (QED) is 0.714. The van der Waals surface area contributed by atoms with Crippen LogP contribution in [0.2, 0.25) is 0 Å². The minimum Gasteiger partial charge on any atom is -0.482 e. The molecule has 3 rings (SSSR count). The Bertz CT molecular complexity index is 406. The molecule has 108 valence electrons. The van der Waals surface area contributed by atoms with Gasteiger partial charge in [-0.1, -0.05) is 0 Å². The Morgan fingerprint density at radius 3 is 2.42 bits per heavy atom. The van der Waals surface area contributed by atoms with Crippen LogP contribution in [-0.4, -0.2) is 55.5 Å². The second-order valence-corrected chi connectivity index (χ2v) is 6.05. The normalized spacial score (nSPS) is 43.1. The van der Waals surface area contributed by atoms with Crippen molar-refractivity contribution < 1.29 is 23.7 Å². The van der Waals surface area contributed by atoms with Gasteiger partial charge < -0.3 is 23.7 Å². The summed E-state index contributed by atoms with van der Waals surface area (Å²) in [4.78, 5) is 4.54. The number of ether oxygens (including phenoxy) is 5. The molecule has 0 radical (unpaired) electrons. The van der Waals surface area contributed by atoms with Crippen molar-refractivity contribution in [3.63, 3.8) is 0 Å². The molecule has 2 saturated heterocycles. The molecule has 0 N–H and O–H groups in total. The molecule has 19 heavy (non-hydrogen) atoms. The van der Waals surface area contributed by atoms with E-state index in [-0.39, 0.29) is 24.4 Å². The van der Waals surface area contributed by atoms with Crippen molar-refractivity contribution in [2.24, 2.45) is 4.99 Å². The van der Waals surface area contributed by atoms with Crippen LogP contribution >= 0.6 is 0 Å². The molecule has 3 aliphatic heterocycles. The molecule has 0 aromatic rings. The molecule has 3 heterocycles. The molecule has 0 amide bonds. The van der Waals surface area contributed by atoms with Crippen LogP contribution in [0.5, 0.6) is 0 Å². The molecule has 0 unspecified atom stereocenters. The van der Waals surface area contributed by atoms with E-state index in [1.165, 1.54) is 0 Å². The number of hydrogen-bond donors (Lipinski definition) is 0. The summed E-state index contributed by atoms with van der Waals surface area (Å²) in [5.41, 5.74) is 0. The van der Waals surface area contributed by atoms with Crippen molar-refractivity contribution in [2.75, 3.05) is 13.7 Å². The van der Waals surface area contributed by atoms with Crippen LogP contribution in [0.3, 0.4) is 0 Å². The number of fused-ring (bicyclic) bond motifs is 1. The summed E-state index contributed by atoms with van der Waals surface area (Å²) in [5, 5.41) is 0. The number of aliphatic imine (C=N–C) groups is 1. The molecule has 6 nitrogen and oxygen atoms in total.